The van der Waals surface area contributed by atoms with Crippen molar-refractivity contribution in [2.24, 2.45) is 0 Å². The Bertz CT molecular complexity index is 598. The van der Waals surface area contributed by atoms with Gasteiger partial charge in [-0.3, -0.25) is 0 Å². The summed E-state index contributed by atoms with van der Waals surface area (Å²) >= 11 is 7.75. The molecule has 2 aromatic rings. The fourth-order valence-corrected chi connectivity index (χ4v) is 4.23. The first kappa shape index (κ1) is 14.9. The number of hydrogen-bond acceptors (Lipinski definition) is 3. The largest absolute Gasteiger partial charge is 0.493 e. The third-order valence-electron chi connectivity index (χ3n) is 4.01. The summed E-state index contributed by atoms with van der Waals surface area (Å²) in [7, 11) is 0. The van der Waals surface area contributed by atoms with E-state index in [1.165, 1.54) is 10.4 Å². The zero-order chi connectivity index (χ0) is 14.7. The highest BCUT2D eigenvalue weighted by atomic mass is 35.5. The van der Waals surface area contributed by atoms with Gasteiger partial charge in [0, 0.05) is 16.8 Å². The summed E-state index contributed by atoms with van der Waals surface area (Å²) in [4.78, 5) is 1.34. The Morgan fingerprint density at radius 2 is 2.19 bits per heavy atom. The van der Waals surface area contributed by atoms with Gasteiger partial charge in [0.1, 0.15) is 5.75 Å². The molecule has 0 spiro atoms. The predicted molar refractivity (Wildman–Crippen MR) is 89.8 cm³/mol. The van der Waals surface area contributed by atoms with E-state index in [1.54, 1.807) is 11.3 Å². The molecule has 2 heterocycles. The standard InChI is InChI=1S/C17H20ClNOS/c1-2-19-15(11-12-7-8-17(18)21-12)13-9-10-20-16-6-4-3-5-14(13)16/h3-8,13,15,19H,2,9-11H2,1H3. The van der Waals surface area contributed by atoms with Gasteiger partial charge in [-0.2, -0.15) is 0 Å². The molecule has 0 saturated carbocycles. The number of hydrogen-bond donors (Lipinski definition) is 1. The molecule has 1 aromatic carbocycles. The lowest BCUT2D eigenvalue weighted by Crippen LogP contribution is -2.38. The van der Waals surface area contributed by atoms with Crippen LogP contribution in [0.2, 0.25) is 4.34 Å². The predicted octanol–water partition coefficient (Wildman–Crippen LogP) is 4.49. The highest BCUT2D eigenvalue weighted by Gasteiger charge is 2.28. The summed E-state index contributed by atoms with van der Waals surface area (Å²) in [6.07, 6.45) is 2.08. The maximum absolute atomic E-state index is 6.07. The summed E-state index contributed by atoms with van der Waals surface area (Å²) in [6.45, 7) is 3.94. The van der Waals surface area contributed by atoms with Crippen molar-refractivity contribution in [3.8, 4) is 5.75 Å². The van der Waals surface area contributed by atoms with Gasteiger partial charge in [0.05, 0.1) is 10.9 Å². The Morgan fingerprint density at radius 3 is 2.95 bits per heavy atom. The fraction of sp³-hybridized carbons (Fsp3) is 0.412. The summed E-state index contributed by atoms with van der Waals surface area (Å²) in [5, 5.41) is 3.66. The van der Waals surface area contributed by atoms with E-state index < -0.39 is 0 Å². The van der Waals surface area contributed by atoms with E-state index in [2.05, 4.69) is 36.5 Å². The summed E-state index contributed by atoms with van der Waals surface area (Å²) in [5.74, 6) is 1.54. The first-order valence-corrected chi connectivity index (χ1v) is 8.66. The lowest BCUT2D eigenvalue weighted by atomic mass is 9.85. The van der Waals surface area contributed by atoms with Gasteiger partial charge in [-0.15, -0.1) is 11.3 Å². The van der Waals surface area contributed by atoms with E-state index in [1.807, 2.05) is 12.1 Å². The smallest absolute Gasteiger partial charge is 0.122 e. The van der Waals surface area contributed by atoms with Gasteiger partial charge in [0.2, 0.25) is 0 Å². The summed E-state index contributed by atoms with van der Waals surface area (Å²) in [6, 6.07) is 13.0. The van der Waals surface area contributed by atoms with Crippen LogP contribution in [-0.4, -0.2) is 19.2 Å². The SMILES string of the molecule is CCNC(Cc1ccc(Cl)s1)C1CCOc2ccccc21. The van der Waals surface area contributed by atoms with Crippen LogP contribution in [0.5, 0.6) is 5.75 Å². The molecular formula is C17H20ClNOS. The molecular weight excluding hydrogens is 302 g/mol. The van der Waals surface area contributed by atoms with Gasteiger partial charge in [0.25, 0.3) is 0 Å². The van der Waals surface area contributed by atoms with Gasteiger partial charge < -0.3 is 10.1 Å². The van der Waals surface area contributed by atoms with Gasteiger partial charge in [0.15, 0.2) is 0 Å². The van der Waals surface area contributed by atoms with Crippen LogP contribution in [-0.2, 0) is 6.42 Å². The number of likely N-dealkylation sites (N-methyl/N-ethyl adjacent to an activating group) is 1. The molecule has 3 rings (SSSR count). The Hall–Kier alpha value is -1.03. The van der Waals surface area contributed by atoms with Crippen LogP contribution in [0.15, 0.2) is 36.4 Å². The van der Waals surface area contributed by atoms with Crippen molar-refractivity contribution < 1.29 is 4.74 Å². The van der Waals surface area contributed by atoms with E-state index >= 15 is 0 Å². The molecule has 1 aliphatic rings. The molecule has 112 valence electrons. The molecule has 0 bridgehead atoms. The van der Waals surface area contributed by atoms with Gasteiger partial charge in [-0.25, -0.2) is 0 Å². The molecule has 2 unspecified atom stereocenters. The van der Waals surface area contributed by atoms with Crippen LogP contribution in [0, 0.1) is 0 Å². The molecule has 1 aliphatic heterocycles. The molecule has 0 fully saturated rings. The first-order chi connectivity index (χ1) is 10.3. The number of benzene rings is 1. The molecule has 2 atom stereocenters. The molecule has 2 nitrogen and oxygen atoms in total. The topological polar surface area (TPSA) is 21.3 Å². The maximum atomic E-state index is 6.07. The third-order valence-corrected chi connectivity index (χ3v) is 5.26. The molecule has 0 aliphatic carbocycles. The van der Waals surface area contributed by atoms with Crippen molar-refractivity contribution in [2.45, 2.75) is 31.7 Å². The maximum Gasteiger partial charge on any atom is 0.122 e. The highest BCUT2D eigenvalue weighted by Crippen LogP contribution is 2.37. The Labute approximate surface area is 135 Å². The normalized spacial score (nSPS) is 18.9. The number of nitrogens with one attached hydrogen (secondary N) is 1. The summed E-state index contributed by atoms with van der Waals surface area (Å²) < 4.78 is 6.66. The van der Waals surface area contributed by atoms with E-state index in [9.17, 15) is 0 Å². The van der Waals surface area contributed by atoms with Crippen molar-refractivity contribution >= 4 is 22.9 Å². The van der Waals surface area contributed by atoms with Crippen LogP contribution < -0.4 is 10.1 Å². The van der Waals surface area contributed by atoms with Crippen LogP contribution in [0.25, 0.3) is 0 Å². The van der Waals surface area contributed by atoms with E-state index in [0.29, 0.717) is 12.0 Å². The quantitative estimate of drug-likeness (QED) is 0.876. The number of para-hydroxylation sites is 1. The Morgan fingerprint density at radius 1 is 1.33 bits per heavy atom. The van der Waals surface area contributed by atoms with Crippen molar-refractivity contribution in [1.29, 1.82) is 0 Å². The third kappa shape index (κ3) is 3.42. The molecule has 0 radical (unpaired) electrons. The van der Waals surface area contributed by atoms with Crippen LogP contribution in [0.1, 0.15) is 29.7 Å². The minimum atomic E-state index is 0.426. The highest BCUT2D eigenvalue weighted by molar-refractivity contribution is 7.16. The van der Waals surface area contributed by atoms with Crippen molar-refractivity contribution in [1.82, 2.24) is 5.32 Å². The zero-order valence-electron chi connectivity index (χ0n) is 12.1. The summed E-state index contributed by atoms with van der Waals surface area (Å²) in [5.41, 5.74) is 1.33. The molecule has 1 aromatic heterocycles. The minimum absolute atomic E-state index is 0.426. The van der Waals surface area contributed by atoms with Crippen LogP contribution in [0.3, 0.4) is 0 Å². The second-order valence-electron chi connectivity index (χ2n) is 5.36. The van der Waals surface area contributed by atoms with E-state index in [4.69, 9.17) is 16.3 Å². The fourth-order valence-electron chi connectivity index (χ4n) is 3.08. The first-order valence-electron chi connectivity index (χ1n) is 7.47. The number of thiophene rings is 1. The number of halogens is 1. The molecule has 0 saturated heterocycles. The number of ether oxygens (including phenoxy) is 1. The van der Waals surface area contributed by atoms with E-state index in [0.717, 1.165) is 36.1 Å². The van der Waals surface area contributed by atoms with Gasteiger partial charge in [-0.1, -0.05) is 36.7 Å². The molecule has 1 N–H and O–H groups in total. The average Bonchev–Trinajstić information content (AvgIpc) is 2.91. The van der Waals surface area contributed by atoms with Crippen LogP contribution >= 0.6 is 22.9 Å². The zero-order valence-corrected chi connectivity index (χ0v) is 13.7. The molecule has 21 heavy (non-hydrogen) atoms. The van der Waals surface area contributed by atoms with Gasteiger partial charge >= 0.3 is 0 Å². The second-order valence-corrected chi connectivity index (χ2v) is 7.16. The number of rotatable bonds is 5. The second kappa shape index (κ2) is 6.82. The Kier molecular flexibility index (Phi) is 4.84. The monoisotopic (exact) mass is 321 g/mol. The van der Waals surface area contributed by atoms with Crippen molar-refractivity contribution in [3.05, 3.63) is 51.2 Å². The number of fused-ring (bicyclic) bond motifs is 1. The lowest BCUT2D eigenvalue weighted by molar-refractivity contribution is 0.245. The Balaban J connectivity index is 1.84. The minimum Gasteiger partial charge on any atom is -0.493 e. The van der Waals surface area contributed by atoms with Crippen molar-refractivity contribution in [3.63, 3.8) is 0 Å². The average molecular weight is 322 g/mol. The lowest BCUT2D eigenvalue weighted by Gasteiger charge is -2.32. The van der Waals surface area contributed by atoms with Crippen molar-refractivity contribution in [2.75, 3.05) is 13.2 Å². The van der Waals surface area contributed by atoms with E-state index in [-0.39, 0.29) is 0 Å². The van der Waals surface area contributed by atoms with Crippen LogP contribution in [0.4, 0.5) is 0 Å². The molecule has 4 heteroatoms. The molecule has 0 amide bonds. The van der Waals surface area contributed by atoms with Gasteiger partial charge in [-0.05, 0) is 43.1 Å².